The Hall–Kier alpha value is -2.99. The molecule has 0 unspecified atom stereocenters. The summed E-state index contributed by atoms with van der Waals surface area (Å²) in [5.74, 6) is 0.934. The van der Waals surface area contributed by atoms with E-state index in [-0.39, 0.29) is 5.91 Å². The Morgan fingerprint density at radius 3 is 2.52 bits per heavy atom. The minimum Gasteiger partial charge on any atom is -0.370 e. The first-order valence-corrected chi connectivity index (χ1v) is 8.99. The number of nitrogens with one attached hydrogen (secondary N) is 2. The van der Waals surface area contributed by atoms with Crippen molar-refractivity contribution in [3.8, 4) is 0 Å². The van der Waals surface area contributed by atoms with Crippen LogP contribution in [-0.4, -0.2) is 27.4 Å². The Morgan fingerprint density at radius 2 is 1.78 bits per heavy atom. The van der Waals surface area contributed by atoms with Gasteiger partial charge in [-0.1, -0.05) is 23.7 Å². The van der Waals surface area contributed by atoms with Gasteiger partial charge in [-0.05, 0) is 48.7 Å². The van der Waals surface area contributed by atoms with Crippen molar-refractivity contribution >= 4 is 23.3 Å². The third-order valence-electron chi connectivity index (χ3n) is 3.91. The average Bonchev–Trinajstić information content (AvgIpc) is 2.68. The topological polar surface area (TPSA) is 79.8 Å². The van der Waals surface area contributed by atoms with Crippen LogP contribution in [0.2, 0.25) is 5.02 Å². The van der Waals surface area contributed by atoms with Gasteiger partial charge in [0.25, 0.3) is 5.91 Å². The molecule has 0 bridgehead atoms. The Balaban J connectivity index is 1.58. The van der Waals surface area contributed by atoms with E-state index in [0.717, 1.165) is 17.0 Å². The van der Waals surface area contributed by atoms with Crippen LogP contribution in [0.25, 0.3) is 0 Å². The molecule has 7 heteroatoms. The monoisotopic (exact) mass is 381 g/mol. The first-order chi connectivity index (χ1) is 13.1. The van der Waals surface area contributed by atoms with Gasteiger partial charge < -0.3 is 10.6 Å². The van der Waals surface area contributed by atoms with Crippen molar-refractivity contribution < 1.29 is 4.79 Å². The molecule has 0 spiro atoms. The van der Waals surface area contributed by atoms with Crippen LogP contribution in [0.5, 0.6) is 0 Å². The highest BCUT2D eigenvalue weighted by Crippen LogP contribution is 2.11. The second-order valence-electron chi connectivity index (χ2n) is 6.03. The molecule has 1 amide bonds. The second-order valence-corrected chi connectivity index (χ2v) is 6.46. The molecule has 2 heterocycles. The fourth-order valence-electron chi connectivity index (χ4n) is 2.53. The van der Waals surface area contributed by atoms with E-state index >= 15 is 0 Å². The van der Waals surface area contributed by atoms with Crippen LogP contribution in [0.3, 0.4) is 0 Å². The second kappa shape index (κ2) is 9.09. The minimum absolute atomic E-state index is 0.238. The lowest BCUT2D eigenvalue weighted by atomic mass is 10.1. The third kappa shape index (κ3) is 5.76. The van der Waals surface area contributed by atoms with Crippen molar-refractivity contribution in [2.24, 2.45) is 0 Å². The molecule has 2 N–H and O–H groups in total. The number of benzene rings is 1. The number of nitrogens with zero attached hydrogens (tertiary/aromatic N) is 3. The SMILES string of the molecule is Cc1nc(NCCc2ccc(Cl)cc2)cc(C(=O)NCc2ccncc2)n1. The number of aryl methyl sites for hydroxylation is 1. The maximum atomic E-state index is 12.4. The number of carbonyl (C=O) groups excluding carboxylic acids is 1. The molecule has 0 atom stereocenters. The maximum absolute atomic E-state index is 12.4. The summed E-state index contributed by atoms with van der Waals surface area (Å²) in [7, 11) is 0. The van der Waals surface area contributed by atoms with E-state index in [4.69, 9.17) is 11.6 Å². The molecule has 0 aliphatic heterocycles. The number of rotatable bonds is 7. The van der Waals surface area contributed by atoms with E-state index in [9.17, 15) is 4.79 Å². The van der Waals surface area contributed by atoms with Crippen molar-refractivity contribution in [1.82, 2.24) is 20.3 Å². The van der Waals surface area contributed by atoms with Gasteiger partial charge in [0.2, 0.25) is 0 Å². The molecule has 0 fully saturated rings. The molecule has 0 saturated carbocycles. The zero-order chi connectivity index (χ0) is 19.1. The Morgan fingerprint density at radius 1 is 1.04 bits per heavy atom. The normalized spacial score (nSPS) is 10.4. The van der Waals surface area contributed by atoms with Crippen molar-refractivity contribution in [1.29, 1.82) is 0 Å². The van der Waals surface area contributed by atoms with E-state index in [2.05, 4.69) is 25.6 Å². The van der Waals surface area contributed by atoms with Gasteiger partial charge in [0.05, 0.1) is 0 Å². The molecule has 138 valence electrons. The molecule has 6 nitrogen and oxygen atoms in total. The number of amides is 1. The number of hydrogen-bond donors (Lipinski definition) is 2. The van der Waals surface area contributed by atoms with Gasteiger partial charge in [-0.15, -0.1) is 0 Å². The minimum atomic E-state index is -0.238. The highest BCUT2D eigenvalue weighted by atomic mass is 35.5. The highest BCUT2D eigenvalue weighted by Gasteiger charge is 2.10. The van der Waals surface area contributed by atoms with Crippen LogP contribution < -0.4 is 10.6 Å². The number of aromatic nitrogens is 3. The molecule has 3 rings (SSSR count). The molecule has 0 aliphatic rings. The quantitative estimate of drug-likeness (QED) is 0.655. The zero-order valence-corrected chi connectivity index (χ0v) is 15.7. The zero-order valence-electron chi connectivity index (χ0n) is 14.9. The fraction of sp³-hybridized carbons (Fsp3) is 0.200. The molecular weight excluding hydrogens is 362 g/mol. The van der Waals surface area contributed by atoms with Crippen LogP contribution in [-0.2, 0) is 13.0 Å². The van der Waals surface area contributed by atoms with Gasteiger partial charge in [-0.2, -0.15) is 0 Å². The number of anilines is 1. The third-order valence-corrected chi connectivity index (χ3v) is 4.16. The smallest absolute Gasteiger partial charge is 0.270 e. The van der Waals surface area contributed by atoms with Crippen molar-refractivity contribution in [2.75, 3.05) is 11.9 Å². The standard InChI is InChI=1S/C20H20ClN5O/c1-14-25-18(20(27)24-13-16-6-9-22-10-7-16)12-19(26-14)23-11-8-15-2-4-17(21)5-3-15/h2-7,9-10,12H,8,11,13H2,1H3,(H,24,27)(H,23,25,26). The van der Waals surface area contributed by atoms with Gasteiger partial charge in [0.1, 0.15) is 17.3 Å². The van der Waals surface area contributed by atoms with Crippen molar-refractivity contribution in [2.45, 2.75) is 19.9 Å². The Bertz CT molecular complexity index is 900. The predicted molar refractivity (Wildman–Crippen MR) is 106 cm³/mol. The molecule has 3 aromatic rings. The summed E-state index contributed by atoms with van der Waals surface area (Å²) < 4.78 is 0. The van der Waals surface area contributed by atoms with Crippen LogP contribution >= 0.6 is 11.6 Å². The molecule has 2 aromatic heterocycles. The maximum Gasteiger partial charge on any atom is 0.270 e. The lowest BCUT2D eigenvalue weighted by molar-refractivity contribution is 0.0945. The summed E-state index contributed by atoms with van der Waals surface area (Å²) in [5.41, 5.74) is 2.49. The van der Waals surface area contributed by atoms with Gasteiger partial charge in [-0.3, -0.25) is 9.78 Å². The first-order valence-electron chi connectivity index (χ1n) is 8.61. The van der Waals surface area contributed by atoms with E-state index < -0.39 is 0 Å². The number of carbonyl (C=O) groups is 1. The van der Waals surface area contributed by atoms with Crippen molar-refractivity contribution in [3.63, 3.8) is 0 Å². The number of pyridine rings is 1. The van der Waals surface area contributed by atoms with E-state index in [0.29, 0.717) is 30.4 Å². The largest absolute Gasteiger partial charge is 0.370 e. The van der Waals surface area contributed by atoms with E-state index in [1.165, 1.54) is 5.56 Å². The molecule has 0 saturated heterocycles. The molecule has 27 heavy (non-hydrogen) atoms. The number of hydrogen-bond acceptors (Lipinski definition) is 5. The van der Waals surface area contributed by atoms with Crippen LogP contribution in [0.1, 0.15) is 27.4 Å². The molecular formula is C20H20ClN5O. The van der Waals surface area contributed by atoms with Gasteiger partial charge in [-0.25, -0.2) is 9.97 Å². The summed E-state index contributed by atoms with van der Waals surface area (Å²) in [6, 6.07) is 13.1. The lowest BCUT2D eigenvalue weighted by Crippen LogP contribution is -2.24. The molecule has 0 radical (unpaired) electrons. The average molecular weight is 382 g/mol. The summed E-state index contributed by atoms with van der Waals surface area (Å²) in [4.78, 5) is 24.9. The van der Waals surface area contributed by atoms with Gasteiger partial charge in [0.15, 0.2) is 0 Å². The van der Waals surface area contributed by atoms with E-state index in [1.807, 2.05) is 36.4 Å². The lowest BCUT2D eigenvalue weighted by Gasteiger charge is -2.09. The molecule has 0 aliphatic carbocycles. The summed E-state index contributed by atoms with van der Waals surface area (Å²) in [6.07, 6.45) is 4.21. The predicted octanol–water partition coefficient (Wildman–Crippen LogP) is 3.42. The summed E-state index contributed by atoms with van der Waals surface area (Å²) in [5, 5.41) is 6.83. The van der Waals surface area contributed by atoms with E-state index in [1.54, 1.807) is 25.4 Å². The molecule has 1 aromatic carbocycles. The summed E-state index contributed by atoms with van der Waals surface area (Å²) >= 11 is 5.90. The Labute approximate surface area is 163 Å². The fourth-order valence-corrected chi connectivity index (χ4v) is 2.66. The number of halogens is 1. The van der Waals surface area contributed by atoms with Gasteiger partial charge in [0, 0.05) is 36.6 Å². The van der Waals surface area contributed by atoms with Crippen molar-refractivity contribution in [3.05, 3.63) is 82.5 Å². The Kier molecular flexibility index (Phi) is 6.33. The summed E-state index contributed by atoms with van der Waals surface area (Å²) in [6.45, 7) is 2.88. The van der Waals surface area contributed by atoms with Gasteiger partial charge >= 0.3 is 0 Å². The van der Waals surface area contributed by atoms with Crippen LogP contribution in [0.15, 0.2) is 54.9 Å². The first kappa shape index (κ1) is 18.8. The van der Waals surface area contributed by atoms with Crippen LogP contribution in [0.4, 0.5) is 5.82 Å². The highest BCUT2D eigenvalue weighted by molar-refractivity contribution is 6.30. The van der Waals surface area contributed by atoms with Crippen LogP contribution in [0, 0.1) is 6.92 Å².